The van der Waals surface area contributed by atoms with Crippen molar-refractivity contribution in [2.75, 3.05) is 5.75 Å². The lowest BCUT2D eigenvalue weighted by Crippen LogP contribution is -1.95. The Morgan fingerprint density at radius 3 is 2.42 bits per heavy atom. The molecule has 3 heteroatoms. The molecular formula is C23H28S3. The van der Waals surface area contributed by atoms with Crippen LogP contribution in [0.25, 0.3) is 28.3 Å². The van der Waals surface area contributed by atoms with Crippen LogP contribution >= 0.6 is 36.6 Å². The molecule has 0 aliphatic heterocycles. The average molecular weight is 401 g/mol. The molecule has 1 unspecified atom stereocenters. The Morgan fingerprint density at radius 1 is 1.04 bits per heavy atom. The molecule has 1 heterocycles. The lowest BCUT2D eigenvalue weighted by atomic mass is 9.97. The van der Waals surface area contributed by atoms with Gasteiger partial charge in [0.1, 0.15) is 0 Å². The quantitative estimate of drug-likeness (QED) is 0.340. The minimum Gasteiger partial charge on any atom is -0.179 e. The lowest BCUT2D eigenvalue weighted by molar-refractivity contribution is 0.714. The van der Waals surface area contributed by atoms with Crippen LogP contribution < -0.4 is 0 Å². The zero-order chi connectivity index (χ0) is 19.1. The number of fused-ring (bicyclic) bond motifs is 1. The minimum atomic E-state index is 0.486. The molecule has 0 spiro atoms. The van der Waals surface area contributed by atoms with E-state index in [0.29, 0.717) is 5.92 Å². The highest BCUT2D eigenvalue weighted by molar-refractivity contribution is 7.80. The van der Waals surface area contributed by atoms with Crippen molar-refractivity contribution in [2.24, 2.45) is 5.92 Å². The Morgan fingerprint density at radius 2 is 1.81 bits per heavy atom. The van der Waals surface area contributed by atoms with Crippen molar-refractivity contribution in [3.63, 3.8) is 0 Å². The summed E-state index contributed by atoms with van der Waals surface area (Å²) in [5, 5.41) is 1.29. The first kappa shape index (κ1) is 21.1. The molecule has 2 rings (SSSR count). The SMILES string of the molecule is C/C=C/C=C/c1c(/C=C/C)c(S)c(/C=C/C(CC)CS)c2cc(C)sc12. The molecule has 0 saturated heterocycles. The van der Waals surface area contributed by atoms with Crippen molar-refractivity contribution in [3.05, 3.63) is 58.0 Å². The highest BCUT2D eigenvalue weighted by atomic mass is 32.1. The molecule has 0 bridgehead atoms. The number of benzene rings is 1. The van der Waals surface area contributed by atoms with E-state index in [1.165, 1.54) is 31.7 Å². The molecule has 0 nitrogen and oxygen atoms in total. The molecule has 26 heavy (non-hydrogen) atoms. The van der Waals surface area contributed by atoms with Crippen molar-refractivity contribution in [1.29, 1.82) is 0 Å². The van der Waals surface area contributed by atoms with Gasteiger partial charge in [-0.3, -0.25) is 0 Å². The highest BCUT2D eigenvalue weighted by Crippen LogP contribution is 2.40. The van der Waals surface area contributed by atoms with Gasteiger partial charge in [-0.1, -0.05) is 55.5 Å². The normalized spacial score (nSPS) is 14.1. The third-order valence-corrected chi connectivity index (χ3v) is 6.42. The van der Waals surface area contributed by atoms with Crippen molar-refractivity contribution < 1.29 is 0 Å². The van der Waals surface area contributed by atoms with Gasteiger partial charge in [0, 0.05) is 25.4 Å². The summed E-state index contributed by atoms with van der Waals surface area (Å²) in [6, 6.07) is 2.29. The second-order valence-corrected chi connectivity index (χ2v) is 8.35. The zero-order valence-electron chi connectivity index (χ0n) is 16.0. The molecule has 0 N–H and O–H groups in total. The van der Waals surface area contributed by atoms with E-state index in [0.717, 1.165) is 17.1 Å². The van der Waals surface area contributed by atoms with Crippen LogP contribution in [0.3, 0.4) is 0 Å². The maximum atomic E-state index is 4.94. The predicted molar refractivity (Wildman–Crippen MR) is 129 cm³/mol. The third-order valence-electron chi connectivity index (χ3n) is 4.38. The molecule has 138 valence electrons. The van der Waals surface area contributed by atoms with Gasteiger partial charge < -0.3 is 0 Å². The largest absolute Gasteiger partial charge is 0.179 e. The van der Waals surface area contributed by atoms with Gasteiger partial charge in [0.05, 0.1) is 0 Å². The Kier molecular flexibility index (Phi) is 8.33. The molecule has 0 radical (unpaired) electrons. The summed E-state index contributed by atoms with van der Waals surface area (Å²) in [5.74, 6) is 1.35. The number of allylic oxidation sites excluding steroid dienone is 5. The molecular weight excluding hydrogens is 372 g/mol. The minimum absolute atomic E-state index is 0.486. The number of aryl methyl sites for hydroxylation is 1. The Labute approximate surface area is 173 Å². The second-order valence-electron chi connectivity index (χ2n) is 6.28. The fourth-order valence-corrected chi connectivity index (χ4v) is 4.76. The van der Waals surface area contributed by atoms with Crippen LogP contribution in [-0.4, -0.2) is 5.75 Å². The van der Waals surface area contributed by atoms with Gasteiger partial charge in [0.2, 0.25) is 0 Å². The van der Waals surface area contributed by atoms with Gasteiger partial charge in [-0.25, -0.2) is 0 Å². The van der Waals surface area contributed by atoms with Crippen LogP contribution in [0.2, 0.25) is 0 Å². The molecule has 1 atom stereocenters. The van der Waals surface area contributed by atoms with E-state index in [2.05, 4.69) is 82.0 Å². The summed E-state index contributed by atoms with van der Waals surface area (Å²) in [6.45, 7) is 8.47. The second kappa shape index (κ2) is 10.2. The van der Waals surface area contributed by atoms with E-state index in [-0.39, 0.29) is 0 Å². The first-order valence-corrected chi connectivity index (χ1v) is 11.0. The standard InChI is InChI=1S/C23H28S3/c1-5-8-9-11-20-18(10-6-2)22(25)19(13-12-17(7-3)15-24)21-14-16(4)26-23(20)21/h5-6,8-14,17,24-25H,7,15H2,1-4H3/b8-5+,10-6+,11-9+,13-12+. The fraction of sp³-hybridized carbons (Fsp3) is 0.304. The van der Waals surface area contributed by atoms with E-state index >= 15 is 0 Å². The maximum absolute atomic E-state index is 4.94. The van der Waals surface area contributed by atoms with Crippen LogP contribution in [0.15, 0.2) is 41.3 Å². The number of hydrogen-bond acceptors (Lipinski definition) is 3. The number of thiophene rings is 1. The number of hydrogen-bond donors (Lipinski definition) is 2. The predicted octanol–water partition coefficient (Wildman–Crippen LogP) is 8.09. The highest BCUT2D eigenvalue weighted by Gasteiger charge is 2.15. The Balaban J connectivity index is 2.78. The van der Waals surface area contributed by atoms with Crippen LogP contribution in [0.5, 0.6) is 0 Å². The van der Waals surface area contributed by atoms with Crippen LogP contribution in [0.4, 0.5) is 0 Å². The van der Waals surface area contributed by atoms with Crippen molar-refractivity contribution >= 4 is 64.9 Å². The summed E-state index contributed by atoms with van der Waals surface area (Å²) in [7, 11) is 0. The van der Waals surface area contributed by atoms with Crippen LogP contribution in [-0.2, 0) is 0 Å². The van der Waals surface area contributed by atoms with Gasteiger partial charge in [-0.05, 0) is 56.1 Å². The maximum Gasteiger partial charge on any atom is 0.0430 e. The van der Waals surface area contributed by atoms with E-state index in [4.69, 9.17) is 12.6 Å². The van der Waals surface area contributed by atoms with Gasteiger partial charge in [0.25, 0.3) is 0 Å². The smallest absolute Gasteiger partial charge is 0.0430 e. The summed E-state index contributed by atoms with van der Waals surface area (Å²) < 4.78 is 1.33. The van der Waals surface area contributed by atoms with E-state index in [1.54, 1.807) is 0 Å². The summed E-state index contributed by atoms with van der Waals surface area (Å²) in [5.41, 5.74) is 3.64. The van der Waals surface area contributed by atoms with Gasteiger partial charge in [-0.2, -0.15) is 12.6 Å². The van der Waals surface area contributed by atoms with Crippen molar-refractivity contribution in [3.8, 4) is 0 Å². The molecule has 0 fully saturated rings. The molecule has 2 aromatic rings. The fourth-order valence-electron chi connectivity index (χ4n) is 2.93. The van der Waals surface area contributed by atoms with Gasteiger partial charge >= 0.3 is 0 Å². The monoisotopic (exact) mass is 400 g/mol. The van der Waals surface area contributed by atoms with Gasteiger partial charge in [-0.15, -0.1) is 24.0 Å². The van der Waals surface area contributed by atoms with Crippen molar-refractivity contribution in [2.45, 2.75) is 39.0 Å². The van der Waals surface area contributed by atoms with Crippen molar-refractivity contribution in [1.82, 2.24) is 0 Å². The summed E-state index contributed by atoms with van der Waals surface area (Å²) in [4.78, 5) is 2.36. The lowest BCUT2D eigenvalue weighted by Gasteiger charge is -2.13. The Hall–Kier alpha value is -1.16. The first-order chi connectivity index (χ1) is 12.6. The Bertz CT molecular complexity index is 859. The molecule has 0 saturated carbocycles. The van der Waals surface area contributed by atoms with Gasteiger partial charge in [0.15, 0.2) is 0 Å². The molecule has 1 aromatic heterocycles. The molecule has 0 amide bonds. The van der Waals surface area contributed by atoms with Crippen LogP contribution in [0, 0.1) is 12.8 Å². The number of thiol groups is 2. The molecule has 0 aliphatic carbocycles. The van der Waals surface area contributed by atoms with E-state index in [9.17, 15) is 0 Å². The summed E-state index contributed by atoms with van der Waals surface area (Å²) >= 11 is 11.3. The molecule has 1 aromatic carbocycles. The average Bonchev–Trinajstić information content (AvgIpc) is 3.01. The van der Waals surface area contributed by atoms with E-state index < -0.39 is 0 Å². The zero-order valence-corrected chi connectivity index (χ0v) is 18.6. The number of rotatable bonds is 7. The topological polar surface area (TPSA) is 0 Å². The molecule has 0 aliphatic rings. The van der Waals surface area contributed by atoms with Crippen LogP contribution in [0.1, 0.15) is 48.8 Å². The van der Waals surface area contributed by atoms with E-state index in [1.807, 2.05) is 24.3 Å². The summed E-state index contributed by atoms with van der Waals surface area (Å²) in [6.07, 6.45) is 18.3. The first-order valence-electron chi connectivity index (χ1n) is 9.07. The third kappa shape index (κ3) is 4.76.